The highest BCUT2D eigenvalue weighted by atomic mass is 16.7. The van der Waals surface area contributed by atoms with Crippen LogP contribution in [0, 0.1) is 28.6 Å². The standard InChI is InChI=1S/C19H24O7/c1-8-4-12(20)26-15(8)17(3)6-11-18-7-24-19(23,16(17)18)14(22)9(2)10(18)5-13(21)25-11/h4,9-11,14-16,22-23H,5-7H2,1-3H3/t9-,10+,11-,14-,15+,16-,17-,18-,19-/m1/s1. The lowest BCUT2D eigenvalue weighted by molar-refractivity contribution is -0.299. The van der Waals surface area contributed by atoms with Crippen molar-refractivity contribution in [2.24, 2.45) is 28.6 Å². The van der Waals surface area contributed by atoms with Crippen LogP contribution in [0.1, 0.15) is 33.6 Å². The van der Waals surface area contributed by atoms with Crippen LogP contribution < -0.4 is 0 Å². The van der Waals surface area contributed by atoms with Crippen molar-refractivity contribution in [2.45, 2.75) is 57.7 Å². The molecule has 26 heavy (non-hydrogen) atoms. The highest BCUT2D eigenvalue weighted by molar-refractivity contribution is 5.86. The van der Waals surface area contributed by atoms with E-state index in [-0.39, 0.29) is 30.8 Å². The maximum absolute atomic E-state index is 12.3. The molecule has 0 unspecified atom stereocenters. The van der Waals surface area contributed by atoms with Gasteiger partial charge in [0.2, 0.25) is 0 Å². The van der Waals surface area contributed by atoms with E-state index in [4.69, 9.17) is 14.2 Å². The minimum atomic E-state index is -1.74. The van der Waals surface area contributed by atoms with Crippen molar-refractivity contribution in [3.63, 3.8) is 0 Å². The zero-order valence-corrected chi connectivity index (χ0v) is 15.1. The zero-order chi connectivity index (χ0) is 18.6. The Kier molecular flexibility index (Phi) is 3.02. The minimum Gasteiger partial charge on any atom is -0.462 e. The number of esters is 2. The first-order valence-corrected chi connectivity index (χ1v) is 9.27. The Balaban J connectivity index is 1.70. The lowest BCUT2D eigenvalue weighted by Crippen LogP contribution is -2.66. The Morgan fingerprint density at radius 2 is 2.00 bits per heavy atom. The first kappa shape index (κ1) is 16.7. The van der Waals surface area contributed by atoms with E-state index in [1.807, 2.05) is 20.8 Å². The maximum atomic E-state index is 12.3. The lowest BCUT2D eigenvalue weighted by atomic mass is 9.50. The molecule has 142 valence electrons. The van der Waals surface area contributed by atoms with Crippen molar-refractivity contribution in [3.05, 3.63) is 11.6 Å². The van der Waals surface area contributed by atoms with Crippen molar-refractivity contribution in [3.8, 4) is 0 Å². The van der Waals surface area contributed by atoms with E-state index in [0.717, 1.165) is 5.57 Å². The molecule has 3 aliphatic heterocycles. The van der Waals surface area contributed by atoms with Gasteiger partial charge in [0, 0.05) is 29.2 Å². The van der Waals surface area contributed by atoms with Gasteiger partial charge in [-0.25, -0.2) is 4.79 Å². The molecule has 4 fully saturated rings. The number of carbonyl (C=O) groups is 2. The monoisotopic (exact) mass is 364 g/mol. The normalized spacial score (nSPS) is 57.5. The molecule has 1 spiro atoms. The predicted molar refractivity (Wildman–Crippen MR) is 86.3 cm³/mol. The highest BCUT2D eigenvalue weighted by Crippen LogP contribution is 2.74. The van der Waals surface area contributed by atoms with Crippen LogP contribution in [0.4, 0.5) is 0 Å². The highest BCUT2D eigenvalue weighted by Gasteiger charge is 2.82. The summed E-state index contributed by atoms with van der Waals surface area (Å²) in [7, 11) is 0. The molecule has 2 aliphatic carbocycles. The summed E-state index contributed by atoms with van der Waals surface area (Å²) in [5.74, 6) is -3.34. The van der Waals surface area contributed by atoms with Gasteiger partial charge in [0.1, 0.15) is 18.3 Å². The molecule has 0 aromatic rings. The number of rotatable bonds is 1. The molecule has 3 heterocycles. The van der Waals surface area contributed by atoms with Gasteiger partial charge in [-0.05, 0) is 30.8 Å². The van der Waals surface area contributed by atoms with E-state index in [9.17, 15) is 19.8 Å². The van der Waals surface area contributed by atoms with Gasteiger partial charge in [-0.3, -0.25) is 4.79 Å². The van der Waals surface area contributed by atoms with Crippen molar-refractivity contribution in [2.75, 3.05) is 6.61 Å². The third kappa shape index (κ3) is 1.62. The Morgan fingerprint density at radius 1 is 1.27 bits per heavy atom. The van der Waals surface area contributed by atoms with E-state index in [2.05, 4.69) is 0 Å². The molecular weight excluding hydrogens is 340 g/mol. The zero-order valence-electron chi connectivity index (χ0n) is 15.1. The van der Waals surface area contributed by atoms with E-state index in [1.54, 1.807) is 0 Å². The molecule has 7 heteroatoms. The summed E-state index contributed by atoms with van der Waals surface area (Å²) in [5.41, 5.74) is -0.482. The molecule has 2 bridgehead atoms. The van der Waals surface area contributed by atoms with Crippen LogP contribution >= 0.6 is 0 Å². The minimum absolute atomic E-state index is 0.139. The smallest absolute Gasteiger partial charge is 0.331 e. The fourth-order valence-electron chi connectivity index (χ4n) is 7.10. The number of aliphatic hydroxyl groups is 2. The molecule has 9 atom stereocenters. The molecule has 7 nitrogen and oxygen atoms in total. The largest absolute Gasteiger partial charge is 0.462 e. The topological polar surface area (TPSA) is 102 Å². The van der Waals surface area contributed by atoms with E-state index in [0.29, 0.717) is 6.42 Å². The number of cyclic esters (lactones) is 1. The average Bonchev–Trinajstić information content (AvgIpc) is 3.14. The molecule has 0 amide bonds. The van der Waals surface area contributed by atoms with Gasteiger partial charge in [-0.1, -0.05) is 13.8 Å². The third-order valence-electron chi connectivity index (χ3n) is 7.89. The second kappa shape index (κ2) is 4.69. The number of carbonyl (C=O) groups excluding carboxylic acids is 2. The Morgan fingerprint density at radius 3 is 2.65 bits per heavy atom. The van der Waals surface area contributed by atoms with Crippen molar-refractivity contribution >= 4 is 11.9 Å². The molecule has 0 aromatic heterocycles. The summed E-state index contributed by atoms with van der Waals surface area (Å²) in [6, 6.07) is 0. The van der Waals surface area contributed by atoms with Crippen LogP contribution in [0.15, 0.2) is 11.6 Å². The number of aliphatic hydroxyl groups excluding tert-OH is 1. The van der Waals surface area contributed by atoms with Crippen LogP contribution in [0.25, 0.3) is 0 Å². The summed E-state index contributed by atoms with van der Waals surface area (Å²) in [6.07, 6.45) is 0.0796. The van der Waals surface area contributed by atoms with E-state index >= 15 is 0 Å². The number of hydrogen-bond donors (Lipinski definition) is 2. The van der Waals surface area contributed by atoms with Gasteiger partial charge in [0.15, 0.2) is 5.79 Å². The van der Waals surface area contributed by atoms with Crippen LogP contribution in [0.2, 0.25) is 0 Å². The van der Waals surface area contributed by atoms with E-state index in [1.165, 1.54) is 6.08 Å². The predicted octanol–water partition coefficient (Wildman–Crippen LogP) is 0.532. The SMILES string of the molecule is CC1=CC(=O)O[C@@H]1[C@@]1(C)C[C@H]2OC(=O)C[C@H]3[C@@H](C)[C@@H](O)[C@@]4(O)OC[C@]23[C@@H]14. The molecule has 2 saturated heterocycles. The second-order valence-corrected chi connectivity index (χ2v) is 9.09. The number of hydrogen-bond acceptors (Lipinski definition) is 7. The average molecular weight is 364 g/mol. The first-order chi connectivity index (χ1) is 12.1. The van der Waals surface area contributed by atoms with Gasteiger partial charge in [-0.15, -0.1) is 0 Å². The summed E-state index contributed by atoms with van der Waals surface area (Å²) in [5, 5.41) is 22.3. The molecular formula is C19H24O7. The molecule has 0 radical (unpaired) electrons. The fraction of sp³-hybridized carbons (Fsp3) is 0.789. The summed E-state index contributed by atoms with van der Waals surface area (Å²) < 4.78 is 17.2. The third-order valence-corrected chi connectivity index (χ3v) is 7.89. The van der Waals surface area contributed by atoms with Gasteiger partial charge >= 0.3 is 11.9 Å². The Bertz CT molecular complexity index is 746. The quantitative estimate of drug-likeness (QED) is 0.655. The molecule has 5 aliphatic rings. The Labute approximate surface area is 151 Å². The van der Waals surface area contributed by atoms with Gasteiger partial charge in [-0.2, -0.15) is 0 Å². The molecule has 2 N–H and O–H groups in total. The lowest BCUT2D eigenvalue weighted by Gasteiger charge is -2.55. The summed E-state index contributed by atoms with van der Waals surface area (Å²) in [6.45, 7) is 5.88. The second-order valence-electron chi connectivity index (χ2n) is 9.09. The fourth-order valence-corrected chi connectivity index (χ4v) is 7.10. The van der Waals surface area contributed by atoms with Gasteiger partial charge in [0.25, 0.3) is 0 Å². The number of ether oxygens (including phenoxy) is 3. The van der Waals surface area contributed by atoms with Crippen LogP contribution in [0.3, 0.4) is 0 Å². The van der Waals surface area contributed by atoms with Crippen molar-refractivity contribution in [1.29, 1.82) is 0 Å². The summed E-state index contributed by atoms with van der Waals surface area (Å²) >= 11 is 0. The van der Waals surface area contributed by atoms with Crippen LogP contribution in [-0.2, 0) is 23.8 Å². The maximum Gasteiger partial charge on any atom is 0.331 e. The van der Waals surface area contributed by atoms with Gasteiger partial charge in [0.05, 0.1) is 6.61 Å². The molecule has 5 rings (SSSR count). The van der Waals surface area contributed by atoms with Crippen LogP contribution in [0.5, 0.6) is 0 Å². The summed E-state index contributed by atoms with van der Waals surface area (Å²) in [4.78, 5) is 24.1. The molecule has 0 aromatic carbocycles. The van der Waals surface area contributed by atoms with Gasteiger partial charge < -0.3 is 24.4 Å². The Hall–Kier alpha value is -1.44. The van der Waals surface area contributed by atoms with Crippen LogP contribution in [-0.4, -0.2) is 52.9 Å². The molecule has 2 saturated carbocycles. The van der Waals surface area contributed by atoms with Crippen molar-refractivity contribution in [1.82, 2.24) is 0 Å². The first-order valence-electron chi connectivity index (χ1n) is 9.27. The van der Waals surface area contributed by atoms with Crippen molar-refractivity contribution < 1.29 is 34.0 Å². The van der Waals surface area contributed by atoms with E-state index < -0.39 is 46.8 Å².